The maximum atomic E-state index is 5.35. The van der Waals surface area contributed by atoms with Crippen molar-refractivity contribution < 1.29 is 4.74 Å². The lowest BCUT2D eigenvalue weighted by molar-refractivity contribution is 0.320. The molecule has 0 radical (unpaired) electrons. The molecule has 1 atom stereocenters. The van der Waals surface area contributed by atoms with E-state index in [0.717, 1.165) is 11.8 Å². The molecule has 2 aliphatic rings. The van der Waals surface area contributed by atoms with E-state index >= 15 is 0 Å². The molecule has 19 heavy (non-hydrogen) atoms. The van der Waals surface area contributed by atoms with Crippen LogP contribution in [0.1, 0.15) is 49.7 Å². The molecule has 0 aliphatic heterocycles. The van der Waals surface area contributed by atoms with Crippen molar-refractivity contribution in [3.8, 4) is 5.75 Å². The molecule has 0 spiro atoms. The number of ether oxygens (including phenoxy) is 1. The molecule has 1 aromatic carbocycles. The number of fused-ring (bicyclic) bond motifs is 1. The first-order valence-corrected chi connectivity index (χ1v) is 7.77. The highest BCUT2D eigenvalue weighted by atomic mass is 16.5. The molecule has 0 heterocycles. The molecule has 2 heteroatoms. The van der Waals surface area contributed by atoms with E-state index in [9.17, 15) is 0 Å². The van der Waals surface area contributed by atoms with Crippen molar-refractivity contribution in [1.29, 1.82) is 0 Å². The average molecular weight is 259 g/mol. The Bertz CT molecular complexity index is 423. The average Bonchev–Trinajstić information content (AvgIpc) is 2.47. The second-order valence-corrected chi connectivity index (χ2v) is 6.08. The fraction of sp³-hybridized carbons (Fsp3) is 0.647. The molecule has 0 saturated heterocycles. The molecule has 0 amide bonds. The predicted molar refractivity (Wildman–Crippen MR) is 78.8 cm³/mol. The van der Waals surface area contributed by atoms with E-state index in [-0.39, 0.29) is 0 Å². The zero-order chi connectivity index (χ0) is 13.1. The third-order valence-corrected chi connectivity index (χ3v) is 4.72. The van der Waals surface area contributed by atoms with Crippen LogP contribution in [0.25, 0.3) is 0 Å². The van der Waals surface area contributed by atoms with Crippen LogP contribution in [-0.4, -0.2) is 19.2 Å². The third kappa shape index (κ3) is 3.11. The molecule has 1 unspecified atom stereocenters. The second-order valence-electron chi connectivity index (χ2n) is 6.08. The van der Waals surface area contributed by atoms with Gasteiger partial charge in [-0.3, -0.25) is 0 Å². The number of hydrogen-bond donors (Lipinski definition) is 1. The highest BCUT2D eigenvalue weighted by Crippen LogP contribution is 2.27. The molecule has 104 valence electrons. The van der Waals surface area contributed by atoms with Gasteiger partial charge in [-0.1, -0.05) is 25.3 Å². The standard InChI is InChI=1S/C17H25NO/c1-19-17-10-8-13-7-9-16(11-14(13)12-17)18-15-5-3-2-4-6-15/h8,10,12,15-16,18H,2-7,9,11H2,1H3. The molecular weight excluding hydrogens is 234 g/mol. The Labute approximate surface area is 116 Å². The smallest absolute Gasteiger partial charge is 0.119 e. The first-order chi connectivity index (χ1) is 9.35. The Hall–Kier alpha value is -1.02. The van der Waals surface area contributed by atoms with Crippen LogP contribution < -0.4 is 10.1 Å². The van der Waals surface area contributed by atoms with Gasteiger partial charge in [0.05, 0.1) is 7.11 Å². The minimum atomic E-state index is 0.669. The van der Waals surface area contributed by atoms with Crippen LogP contribution in [0, 0.1) is 0 Å². The first kappa shape index (κ1) is 13.0. The highest BCUT2D eigenvalue weighted by molar-refractivity contribution is 5.37. The largest absolute Gasteiger partial charge is 0.497 e. The number of hydrogen-bond acceptors (Lipinski definition) is 2. The predicted octanol–water partition coefficient (Wildman–Crippen LogP) is 3.47. The molecule has 0 bridgehead atoms. The molecule has 2 nitrogen and oxygen atoms in total. The molecule has 3 rings (SSSR count). The van der Waals surface area contributed by atoms with Crippen LogP contribution in [0.5, 0.6) is 5.75 Å². The maximum Gasteiger partial charge on any atom is 0.119 e. The van der Waals surface area contributed by atoms with Crippen molar-refractivity contribution >= 4 is 0 Å². The minimum Gasteiger partial charge on any atom is -0.497 e. The zero-order valence-electron chi connectivity index (χ0n) is 12.0. The number of aryl methyl sites for hydroxylation is 1. The van der Waals surface area contributed by atoms with Crippen LogP contribution >= 0.6 is 0 Å². The van der Waals surface area contributed by atoms with Gasteiger partial charge >= 0.3 is 0 Å². The molecule has 1 fully saturated rings. The van der Waals surface area contributed by atoms with Crippen LogP contribution in [0.15, 0.2) is 18.2 Å². The van der Waals surface area contributed by atoms with Crippen molar-refractivity contribution in [1.82, 2.24) is 5.32 Å². The number of nitrogens with one attached hydrogen (secondary N) is 1. The lowest BCUT2D eigenvalue weighted by atomic mass is 9.86. The normalized spacial score (nSPS) is 23.9. The maximum absolute atomic E-state index is 5.35. The van der Waals surface area contributed by atoms with Gasteiger partial charge in [0.2, 0.25) is 0 Å². The molecule has 1 N–H and O–H groups in total. The van der Waals surface area contributed by atoms with Crippen molar-refractivity contribution in [2.45, 2.75) is 63.5 Å². The van der Waals surface area contributed by atoms with Gasteiger partial charge in [-0.15, -0.1) is 0 Å². The summed E-state index contributed by atoms with van der Waals surface area (Å²) in [5.74, 6) is 0.997. The zero-order valence-corrected chi connectivity index (χ0v) is 12.0. The summed E-state index contributed by atoms with van der Waals surface area (Å²) in [6.45, 7) is 0. The van der Waals surface area contributed by atoms with Crippen molar-refractivity contribution in [3.63, 3.8) is 0 Å². The van der Waals surface area contributed by atoms with Crippen LogP contribution in [0.3, 0.4) is 0 Å². The Morgan fingerprint density at radius 3 is 2.63 bits per heavy atom. The van der Waals surface area contributed by atoms with Gasteiger partial charge < -0.3 is 10.1 Å². The SMILES string of the molecule is COc1ccc2c(c1)CC(NC1CCCCC1)CC2. The summed E-state index contributed by atoms with van der Waals surface area (Å²) >= 11 is 0. The number of methoxy groups -OCH3 is 1. The molecule has 1 aromatic rings. The fourth-order valence-corrected chi connectivity index (χ4v) is 3.61. The van der Waals surface area contributed by atoms with Crippen molar-refractivity contribution in [3.05, 3.63) is 29.3 Å². The third-order valence-electron chi connectivity index (χ3n) is 4.72. The van der Waals surface area contributed by atoms with Crippen LogP contribution in [0.2, 0.25) is 0 Å². The van der Waals surface area contributed by atoms with E-state index < -0.39 is 0 Å². The summed E-state index contributed by atoms with van der Waals surface area (Å²) in [5.41, 5.74) is 3.00. The Balaban J connectivity index is 1.63. The summed E-state index contributed by atoms with van der Waals surface area (Å²) in [6, 6.07) is 8.00. The lowest BCUT2D eigenvalue weighted by Crippen LogP contribution is -2.42. The minimum absolute atomic E-state index is 0.669. The van der Waals surface area contributed by atoms with Gasteiger partial charge in [0.15, 0.2) is 0 Å². The second kappa shape index (κ2) is 5.96. The number of benzene rings is 1. The quantitative estimate of drug-likeness (QED) is 0.897. The Kier molecular flexibility index (Phi) is 4.07. The van der Waals surface area contributed by atoms with Crippen molar-refractivity contribution in [2.24, 2.45) is 0 Å². The molecular formula is C17H25NO. The fourth-order valence-electron chi connectivity index (χ4n) is 3.61. The Morgan fingerprint density at radius 1 is 1.00 bits per heavy atom. The van der Waals surface area contributed by atoms with Gasteiger partial charge in [-0.25, -0.2) is 0 Å². The first-order valence-electron chi connectivity index (χ1n) is 7.77. The van der Waals surface area contributed by atoms with E-state index in [1.165, 1.54) is 62.5 Å². The van der Waals surface area contributed by atoms with Crippen LogP contribution in [-0.2, 0) is 12.8 Å². The summed E-state index contributed by atoms with van der Waals surface area (Å²) in [6.07, 6.45) is 10.7. The summed E-state index contributed by atoms with van der Waals surface area (Å²) < 4.78 is 5.35. The van der Waals surface area contributed by atoms with Gasteiger partial charge in [0, 0.05) is 12.1 Å². The monoisotopic (exact) mass is 259 g/mol. The summed E-state index contributed by atoms with van der Waals surface area (Å²) in [5, 5.41) is 3.90. The van der Waals surface area contributed by atoms with Crippen molar-refractivity contribution in [2.75, 3.05) is 7.11 Å². The van der Waals surface area contributed by atoms with Gasteiger partial charge in [-0.2, -0.15) is 0 Å². The van der Waals surface area contributed by atoms with E-state index in [4.69, 9.17) is 4.74 Å². The van der Waals surface area contributed by atoms with Crippen LogP contribution in [0.4, 0.5) is 0 Å². The lowest BCUT2D eigenvalue weighted by Gasteiger charge is -2.32. The highest BCUT2D eigenvalue weighted by Gasteiger charge is 2.22. The van der Waals surface area contributed by atoms with E-state index in [0.29, 0.717) is 6.04 Å². The Morgan fingerprint density at radius 2 is 1.84 bits per heavy atom. The molecule has 1 saturated carbocycles. The van der Waals surface area contributed by atoms with Gasteiger partial charge in [-0.05, 0) is 55.4 Å². The molecule has 0 aromatic heterocycles. The van der Waals surface area contributed by atoms with E-state index in [2.05, 4.69) is 23.5 Å². The van der Waals surface area contributed by atoms with Gasteiger partial charge in [0.1, 0.15) is 5.75 Å². The topological polar surface area (TPSA) is 21.3 Å². The van der Waals surface area contributed by atoms with Gasteiger partial charge in [0.25, 0.3) is 0 Å². The summed E-state index contributed by atoms with van der Waals surface area (Å²) in [7, 11) is 1.75. The molecule has 2 aliphatic carbocycles. The van der Waals surface area contributed by atoms with E-state index in [1.54, 1.807) is 7.11 Å². The summed E-state index contributed by atoms with van der Waals surface area (Å²) in [4.78, 5) is 0. The van der Waals surface area contributed by atoms with E-state index in [1.807, 2.05) is 0 Å². The number of rotatable bonds is 3.